The molecule has 2 nitrogen and oxygen atoms in total. The first kappa shape index (κ1) is 14.8. The van der Waals surface area contributed by atoms with Crippen molar-refractivity contribution in [1.82, 2.24) is 0 Å². The summed E-state index contributed by atoms with van der Waals surface area (Å²) in [6.07, 6.45) is 19.3. The Balaban J connectivity index is 1.79. The fourth-order valence-corrected chi connectivity index (χ4v) is 5.35. The van der Waals surface area contributed by atoms with Crippen LogP contribution in [0.3, 0.4) is 0 Å². The van der Waals surface area contributed by atoms with Crippen molar-refractivity contribution in [2.45, 2.75) is 114 Å². The van der Waals surface area contributed by atoms with Gasteiger partial charge >= 0.3 is 0 Å². The van der Waals surface area contributed by atoms with E-state index < -0.39 is 0 Å². The lowest BCUT2D eigenvalue weighted by Crippen LogP contribution is -2.64. The molecule has 3 fully saturated rings. The van der Waals surface area contributed by atoms with Crippen LogP contribution in [0.2, 0.25) is 0 Å². The second-order valence-corrected chi connectivity index (χ2v) is 7.64. The quantitative estimate of drug-likeness (QED) is 0.508. The molecule has 0 bridgehead atoms. The fourth-order valence-electron chi connectivity index (χ4n) is 5.35. The van der Waals surface area contributed by atoms with Gasteiger partial charge in [-0.1, -0.05) is 19.3 Å². The number of hydrogen-bond acceptors (Lipinski definition) is 1. The summed E-state index contributed by atoms with van der Waals surface area (Å²) in [4.78, 5) is 0. The van der Waals surface area contributed by atoms with Gasteiger partial charge < -0.3 is 9.85 Å². The Hall–Kier alpha value is -0.0800. The van der Waals surface area contributed by atoms with Crippen molar-refractivity contribution in [1.29, 1.82) is 0 Å². The van der Waals surface area contributed by atoms with Gasteiger partial charge in [-0.15, -0.1) is 0 Å². The highest BCUT2D eigenvalue weighted by atomic mass is 16.6. The molecule has 0 aliphatic heterocycles. The van der Waals surface area contributed by atoms with Crippen LogP contribution in [0.25, 0.3) is 0 Å². The van der Waals surface area contributed by atoms with Gasteiger partial charge in [0.2, 0.25) is 0 Å². The maximum Gasteiger partial charge on any atom is 0.0891 e. The van der Waals surface area contributed by atoms with Gasteiger partial charge in [-0.05, 0) is 77.0 Å². The van der Waals surface area contributed by atoms with Crippen LogP contribution in [0.1, 0.15) is 96.3 Å². The van der Waals surface area contributed by atoms with Gasteiger partial charge in [-0.2, -0.15) is 0 Å². The number of nitrogens with zero attached hydrogens (tertiary/aromatic N) is 1. The maximum atomic E-state index is 14.1. The van der Waals surface area contributed by atoms with Gasteiger partial charge in [0.15, 0.2) is 0 Å². The van der Waals surface area contributed by atoms with E-state index in [4.69, 9.17) is 0 Å². The summed E-state index contributed by atoms with van der Waals surface area (Å²) in [5, 5.41) is 14.1. The molecule has 3 rings (SSSR count). The normalized spacial score (nSPS) is 28.6. The Bertz CT molecular complexity index is 240. The zero-order valence-electron chi connectivity index (χ0n) is 13.2. The van der Waals surface area contributed by atoms with Crippen LogP contribution in [-0.4, -0.2) is 22.8 Å². The van der Waals surface area contributed by atoms with Gasteiger partial charge in [0.05, 0.1) is 18.1 Å². The molecule has 0 saturated heterocycles. The van der Waals surface area contributed by atoms with Crippen molar-refractivity contribution in [2.24, 2.45) is 0 Å². The first-order valence-electron chi connectivity index (χ1n) is 9.41. The van der Waals surface area contributed by atoms with Crippen molar-refractivity contribution < 1.29 is 4.65 Å². The molecule has 3 aliphatic rings. The smallest absolute Gasteiger partial charge is 0.0891 e. The maximum absolute atomic E-state index is 14.1. The Labute approximate surface area is 125 Å². The molecule has 0 spiro atoms. The fraction of sp³-hybridized carbons (Fsp3) is 1.00. The molecule has 2 heteroatoms. The molecule has 3 aliphatic carbocycles. The predicted octanol–water partition coefficient (Wildman–Crippen LogP) is 5.30. The molecule has 0 radical (unpaired) electrons. The molecule has 20 heavy (non-hydrogen) atoms. The summed E-state index contributed by atoms with van der Waals surface area (Å²) in [7, 11) is 0. The average molecular weight is 279 g/mol. The third kappa shape index (κ3) is 2.92. The number of quaternary nitrogens is 1. The van der Waals surface area contributed by atoms with Gasteiger partial charge in [-0.3, -0.25) is 0 Å². The molecule has 0 amide bonds. The van der Waals surface area contributed by atoms with E-state index in [1.165, 1.54) is 96.3 Å². The van der Waals surface area contributed by atoms with Gasteiger partial charge in [-0.25, -0.2) is 0 Å². The summed E-state index contributed by atoms with van der Waals surface area (Å²) < 4.78 is 0.250. The van der Waals surface area contributed by atoms with Crippen molar-refractivity contribution in [3.05, 3.63) is 5.21 Å². The Morgan fingerprint density at radius 3 is 0.950 bits per heavy atom. The first-order chi connectivity index (χ1) is 9.82. The summed E-state index contributed by atoms with van der Waals surface area (Å²) in [5.41, 5.74) is 0. The lowest BCUT2D eigenvalue weighted by molar-refractivity contribution is -0.955. The number of rotatable bonds is 3. The van der Waals surface area contributed by atoms with Crippen LogP contribution in [-0.2, 0) is 0 Å². The summed E-state index contributed by atoms with van der Waals surface area (Å²) in [6.45, 7) is 0. The summed E-state index contributed by atoms with van der Waals surface area (Å²) in [5.74, 6) is 0. The standard InChI is InChI=1S/C18H33NO/c20-19(16-10-4-1-5-11-16,17-12-6-2-7-13-17)18-14-8-3-9-15-18/h16-18H,1-15H2. The predicted molar refractivity (Wildman–Crippen MR) is 84.2 cm³/mol. The van der Waals surface area contributed by atoms with Crippen molar-refractivity contribution in [2.75, 3.05) is 0 Å². The largest absolute Gasteiger partial charge is 0.632 e. The van der Waals surface area contributed by atoms with Crippen molar-refractivity contribution >= 4 is 0 Å². The third-order valence-corrected chi connectivity index (χ3v) is 6.44. The molecule has 116 valence electrons. The molecular formula is C18H33NO. The van der Waals surface area contributed by atoms with Crippen LogP contribution in [0, 0.1) is 5.21 Å². The van der Waals surface area contributed by atoms with Crippen LogP contribution in [0.5, 0.6) is 0 Å². The van der Waals surface area contributed by atoms with E-state index in [0.717, 1.165) is 0 Å². The molecule has 0 aromatic heterocycles. The van der Waals surface area contributed by atoms with E-state index in [1.807, 2.05) is 0 Å². The van der Waals surface area contributed by atoms with Crippen LogP contribution in [0.15, 0.2) is 0 Å². The zero-order valence-corrected chi connectivity index (χ0v) is 13.2. The zero-order chi connectivity index (χ0) is 13.8. The summed E-state index contributed by atoms with van der Waals surface area (Å²) in [6, 6.07) is 1.36. The molecule has 0 aromatic rings. The molecule has 0 heterocycles. The minimum Gasteiger partial charge on any atom is -0.632 e. The van der Waals surface area contributed by atoms with E-state index in [1.54, 1.807) is 0 Å². The monoisotopic (exact) mass is 279 g/mol. The summed E-state index contributed by atoms with van der Waals surface area (Å²) >= 11 is 0. The SMILES string of the molecule is [O-][N+](C1CCCCC1)(C1CCCCC1)C1CCCCC1. The highest BCUT2D eigenvalue weighted by molar-refractivity contribution is 4.80. The Morgan fingerprint density at radius 1 is 0.450 bits per heavy atom. The molecular weight excluding hydrogens is 246 g/mol. The van der Waals surface area contributed by atoms with E-state index in [2.05, 4.69) is 0 Å². The second-order valence-electron chi connectivity index (χ2n) is 7.64. The minimum atomic E-state index is 0.250. The molecule has 0 unspecified atom stereocenters. The van der Waals surface area contributed by atoms with E-state index in [0.29, 0.717) is 18.1 Å². The topological polar surface area (TPSA) is 23.1 Å². The van der Waals surface area contributed by atoms with Gasteiger partial charge in [0, 0.05) is 0 Å². The van der Waals surface area contributed by atoms with Crippen molar-refractivity contribution in [3.63, 3.8) is 0 Å². The lowest BCUT2D eigenvalue weighted by atomic mass is 9.83. The average Bonchev–Trinajstić information content (AvgIpc) is 2.56. The highest BCUT2D eigenvalue weighted by Gasteiger charge is 2.43. The second kappa shape index (κ2) is 6.79. The van der Waals surface area contributed by atoms with Crippen molar-refractivity contribution in [3.8, 4) is 0 Å². The molecule has 0 N–H and O–H groups in total. The molecule has 0 atom stereocenters. The van der Waals surface area contributed by atoms with Gasteiger partial charge in [0.25, 0.3) is 0 Å². The van der Waals surface area contributed by atoms with E-state index in [-0.39, 0.29) is 4.65 Å². The first-order valence-corrected chi connectivity index (χ1v) is 9.41. The van der Waals surface area contributed by atoms with Crippen LogP contribution < -0.4 is 0 Å². The lowest BCUT2D eigenvalue weighted by Gasteiger charge is -2.61. The molecule has 0 aromatic carbocycles. The minimum absolute atomic E-state index is 0.250. The highest BCUT2D eigenvalue weighted by Crippen LogP contribution is 2.41. The molecule has 3 saturated carbocycles. The van der Waals surface area contributed by atoms with E-state index in [9.17, 15) is 5.21 Å². The third-order valence-electron chi connectivity index (χ3n) is 6.44. The van der Waals surface area contributed by atoms with Gasteiger partial charge in [0.1, 0.15) is 0 Å². The van der Waals surface area contributed by atoms with Crippen LogP contribution >= 0.6 is 0 Å². The Kier molecular flexibility index (Phi) is 5.04. The van der Waals surface area contributed by atoms with Crippen LogP contribution in [0.4, 0.5) is 0 Å². The van der Waals surface area contributed by atoms with E-state index >= 15 is 0 Å². The Morgan fingerprint density at radius 2 is 0.700 bits per heavy atom. The number of hydroxylamine groups is 3. The number of hydrogen-bond donors (Lipinski definition) is 0.